The van der Waals surface area contributed by atoms with Gasteiger partial charge >= 0.3 is 0 Å². The van der Waals surface area contributed by atoms with E-state index < -0.39 is 0 Å². The lowest BCUT2D eigenvalue weighted by Gasteiger charge is -2.06. The predicted octanol–water partition coefficient (Wildman–Crippen LogP) is 1.55. The number of aliphatic imine (C=N–C) groups is 1. The molecule has 1 aliphatic heterocycles. The van der Waals surface area contributed by atoms with E-state index in [0.717, 1.165) is 15.8 Å². The molecule has 1 aromatic rings. The van der Waals surface area contributed by atoms with Gasteiger partial charge in [0.15, 0.2) is 0 Å². The average molecular weight is 243 g/mol. The van der Waals surface area contributed by atoms with Crippen molar-refractivity contribution >= 4 is 21.8 Å². The maximum absolute atomic E-state index is 5.75. The van der Waals surface area contributed by atoms with E-state index in [2.05, 4.69) is 20.9 Å². The van der Waals surface area contributed by atoms with E-state index in [0.29, 0.717) is 19.0 Å². The zero-order valence-electron chi connectivity index (χ0n) is 6.96. The van der Waals surface area contributed by atoms with Crippen LogP contribution in [0.3, 0.4) is 0 Å². The van der Waals surface area contributed by atoms with E-state index in [4.69, 9.17) is 10.5 Å². The number of fused-ring (bicyclic) bond motifs is 1. The molecule has 0 amide bonds. The highest BCUT2D eigenvalue weighted by atomic mass is 79.9. The van der Waals surface area contributed by atoms with Gasteiger partial charge in [-0.15, -0.1) is 0 Å². The van der Waals surface area contributed by atoms with Crippen LogP contribution in [0, 0.1) is 0 Å². The Morgan fingerprint density at radius 1 is 1.54 bits per heavy atom. The molecule has 0 saturated heterocycles. The second-order valence-corrected chi connectivity index (χ2v) is 3.67. The van der Waals surface area contributed by atoms with Crippen molar-refractivity contribution in [2.75, 3.05) is 13.2 Å². The fourth-order valence-electron chi connectivity index (χ4n) is 1.23. The molecule has 2 N–H and O–H groups in total. The largest absolute Gasteiger partial charge is 0.491 e. The third kappa shape index (κ3) is 1.67. The van der Waals surface area contributed by atoms with E-state index in [1.165, 1.54) is 0 Å². The molecule has 0 bridgehead atoms. The standard InChI is InChI=1S/C9H9BrN2O/c10-6-1-2-7-8(5-6)13-4-3-12-9(7)11/h1-2,5H,3-4H2,(H2,11,12)/i9+2. The van der Waals surface area contributed by atoms with Gasteiger partial charge in [-0.1, -0.05) is 15.9 Å². The van der Waals surface area contributed by atoms with Crippen molar-refractivity contribution in [2.24, 2.45) is 10.7 Å². The molecule has 0 fully saturated rings. The molecule has 0 aromatic heterocycles. The third-order valence-electron chi connectivity index (χ3n) is 1.85. The third-order valence-corrected chi connectivity index (χ3v) is 2.34. The van der Waals surface area contributed by atoms with Gasteiger partial charge in [-0.25, -0.2) is 0 Å². The zero-order valence-corrected chi connectivity index (χ0v) is 8.54. The Morgan fingerprint density at radius 2 is 2.38 bits per heavy atom. The lowest BCUT2D eigenvalue weighted by Crippen LogP contribution is -2.12. The van der Waals surface area contributed by atoms with Crippen LogP contribution in [0.5, 0.6) is 5.75 Å². The zero-order chi connectivity index (χ0) is 9.26. The van der Waals surface area contributed by atoms with Crippen LogP contribution in [-0.4, -0.2) is 19.0 Å². The first kappa shape index (κ1) is 8.56. The van der Waals surface area contributed by atoms with Gasteiger partial charge in [0.25, 0.3) is 0 Å². The van der Waals surface area contributed by atoms with Crippen LogP contribution in [0.1, 0.15) is 5.56 Å². The van der Waals surface area contributed by atoms with E-state index >= 15 is 0 Å². The van der Waals surface area contributed by atoms with Crippen molar-refractivity contribution in [3.63, 3.8) is 0 Å². The number of nitrogens with two attached hydrogens (primary N) is 1. The number of halogens is 1. The summed E-state index contributed by atoms with van der Waals surface area (Å²) in [6.07, 6.45) is 0. The molecule has 1 aliphatic rings. The van der Waals surface area contributed by atoms with E-state index in [-0.39, 0.29) is 0 Å². The molecule has 2 rings (SSSR count). The Hall–Kier alpha value is -1.03. The minimum atomic E-state index is 0.556. The number of nitrogens with zero attached hydrogens (tertiary/aromatic N) is 1. The molecule has 0 unspecified atom stereocenters. The van der Waals surface area contributed by atoms with Crippen LogP contribution < -0.4 is 10.5 Å². The van der Waals surface area contributed by atoms with Crippen molar-refractivity contribution in [3.05, 3.63) is 28.2 Å². The molecule has 4 heteroatoms. The summed E-state index contributed by atoms with van der Waals surface area (Å²) in [5.74, 6) is 1.35. The topological polar surface area (TPSA) is 47.6 Å². The first-order valence-corrected chi connectivity index (χ1v) is 4.79. The molecule has 0 aliphatic carbocycles. The van der Waals surface area contributed by atoms with Gasteiger partial charge in [0.1, 0.15) is 18.2 Å². The van der Waals surface area contributed by atoms with Crippen LogP contribution in [0.2, 0.25) is 0 Å². The van der Waals surface area contributed by atoms with Crippen molar-refractivity contribution in [3.8, 4) is 5.75 Å². The summed E-state index contributed by atoms with van der Waals surface area (Å²) in [6.45, 7) is 1.21. The Balaban J connectivity index is 2.52. The molecule has 0 radical (unpaired) electrons. The van der Waals surface area contributed by atoms with Gasteiger partial charge < -0.3 is 10.5 Å². The maximum Gasteiger partial charge on any atom is 0.131 e. The van der Waals surface area contributed by atoms with Gasteiger partial charge in [0.2, 0.25) is 0 Å². The van der Waals surface area contributed by atoms with Crippen molar-refractivity contribution in [1.82, 2.24) is 0 Å². The van der Waals surface area contributed by atoms with E-state index in [1.807, 2.05) is 18.2 Å². The SMILES string of the molecule is N[14C]1=NCCOc2cc(Br)ccc21. The second-order valence-electron chi connectivity index (χ2n) is 2.76. The smallest absolute Gasteiger partial charge is 0.131 e. The summed E-state index contributed by atoms with van der Waals surface area (Å²) in [6, 6.07) is 5.74. The molecule has 68 valence electrons. The second kappa shape index (κ2) is 3.38. The summed E-state index contributed by atoms with van der Waals surface area (Å²) < 4.78 is 6.46. The number of rotatable bonds is 0. The molecule has 3 nitrogen and oxygen atoms in total. The lowest BCUT2D eigenvalue weighted by molar-refractivity contribution is 0.331. The Bertz CT molecular complexity index is 363. The molecule has 13 heavy (non-hydrogen) atoms. The van der Waals surface area contributed by atoms with Crippen LogP contribution in [-0.2, 0) is 0 Å². The fourth-order valence-corrected chi connectivity index (χ4v) is 1.57. The van der Waals surface area contributed by atoms with Crippen LogP contribution in [0.4, 0.5) is 0 Å². The Morgan fingerprint density at radius 3 is 3.23 bits per heavy atom. The van der Waals surface area contributed by atoms with Crippen LogP contribution in [0.25, 0.3) is 0 Å². The fraction of sp³-hybridized carbons (Fsp3) is 0.222. The first-order valence-electron chi connectivity index (χ1n) is 4.00. The number of benzene rings is 1. The molecule has 0 saturated carbocycles. The molecule has 0 spiro atoms. The minimum absolute atomic E-state index is 0.556. The highest BCUT2D eigenvalue weighted by molar-refractivity contribution is 9.10. The van der Waals surface area contributed by atoms with Crippen molar-refractivity contribution in [2.45, 2.75) is 0 Å². The molecule has 1 aromatic carbocycles. The monoisotopic (exact) mass is 242 g/mol. The summed E-state index contributed by atoms with van der Waals surface area (Å²) in [5, 5.41) is 0. The number of amidine groups is 1. The number of ether oxygens (including phenoxy) is 1. The molecule has 0 atom stereocenters. The number of hydrogen-bond acceptors (Lipinski definition) is 3. The summed E-state index contributed by atoms with van der Waals surface area (Å²) >= 11 is 3.38. The predicted molar refractivity (Wildman–Crippen MR) is 55.2 cm³/mol. The van der Waals surface area contributed by atoms with Gasteiger partial charge in [0, 0.05) is 4.47 Å². The normalized spacial score (nSPS) is 15.3. The van der Waals surface area contributed by atoms with E-state index in [1.54, 1.807) is 0 Å². The minimum Gasteiger partial charge on any atom is -0.491 e. The highest BCUT2D eigenvalue weighted by Crippen LogP contribution is 2.24. The van der Waals surface area contributed by atoms with Gasteiger partial charge in [-0.2, -0.15) is 0 Å². The molecular formula is C9H9BrN2O. The van der Waals surface area contributed by atoms with Crippen LogP contribution in [0.15, 0.2) is 27.7 Å². The maximum atomic E-state index is 5.75. The Kier molecular flexibility index (Phi) is 2.22. The van der Waals surface area contributed by atoms with Gasteiger partial charge in [0.05, 0.1) is 12.1 Å². The summed E-state index contributed by atoms with van der Waals surface area (Å²) in [4.78, 5) is 4.15. The summed E-state index contributed by atoms with van der Waals surface area (Å²) in [5.41, 5.74) is 6.63. The first-order chi connectivity index (χ1) is 6.27. The van der Waals surface area contributed by atoms with Gasteiger partial charge in [-0.3, -0.25) is 4.99 Å². The quantitative estimate of drug-likeness (QED) is 0.751. The van der Waals surface area contributed by atoms with Crippen molar-refractivity contribution in [1.29, 1.82) is 0 Å². The van der Waals surface area contributed by atoms with Gasteiger partial charge in [-0.05, 0) is 18.2 Å². The van der Waals surface area contributed by atoms with Crippen molar-refractivity contribution < 1.29 is 4.74 Å². The average Bonchev–Trinajstić information content (AvgIpc) is 2.28. The highest BCUT2D eigenvalue weighted by Gasteiger charge is 2.10. The lowest BCUT2D eigenvalue weighted by atomic mass is 10.3. The molecular weight excluding hydrogens is 234 g/mol. The Labute approximate surface area is 84.7 Å². The van der Waals surface area contributed by atoms with Crippen LogP contribution >= 0.6 is 15.9 Å². The molecule has 1 heterocycles. The van der Waals surface area contributed by atoms with E-state index in [9.17, 15) is 0 Å². The number of hydrogen-bond donors (Lipinski definition) is 1. The summed E-state index contributed by atoms with van der Waals surface area (Å²) in [7, 11) is 0.